The van der Waals surface area contributed by atoms with Gasteiger partial charge in [0.2, 0.25) is 5.89 Å². The Bertz CT molecular complexity index is 1310. The maximum absolute atomic E-state index is 12.6. The van der Waals surface area contributed by atoms with Gasteiger partial charge in [0.25, 0.3) is 5.91 Å². The van der Waals surface area contributed by atoms with E-state index in [9.17, 15) is 4.79 Å². The summed E-state index contributed by atoms with van der Waals surface area (Å²) < 4.78 is 11.9. The maximum Gasteiger partial charge on any atom is 0.262 e. The quantitative estimate of drug-likeness (QED) is 0.299. The molecule has 0 saturated carbocycles. The lowest BCUT2D eigenvalue weighted by atomic mass is 9.98. The van der Waals surface area contributed by atoms with E-state index in [0.29, 0.717) is 23.4 Å². The van der Waals surface area contributed by atoms with E-state index in [0.717, 1.165) is 40.0 Å². The normalized spacial score (nSPS) is 12.2. The molecule has 0 radical (unpaired) electrons. The largest absolute Gasteiger partial charge is 0.483 e. The number of aromatic nitrogens is 1. The zero-order valence-corrected chi connectivity index (χ0v) is 20.5. The van der Waals surface area contributed by atoms with Crippen molar-refractivity contribution < 1.29 is 13.9 Å². The lowest BCUT2D eigenvalue weighted by Crippen LogP contribution is -2.20. The minimum atomic E-state index is -0.218. The van der Waals surface area contributed by atoms with Crippen LogP contribution in [0.1, 0.15) is 62.6 Å². The smallest absolute Gasteiger partial charge is 0.262 e. The van der Waals surface area contributed by atoms with Crippen molar-refractivity contribution in [3.63, 3.8) is 0 Å². The van der Waals surface area contributed by atoms with Gasteiger partial charge in [0.05, 0.1) is 0 Å². The summed E-state index contributed by atoms with van der Waals surface area (Å²) in [5.74, 6) is 1.85. The van der Waals surface area contributed by atoms with E-state index in [2.05, 4.69) is 62.3 Å². The number of carbonyl (C=O) groups is 1. The summed E-state index contributed by atoms with van der Waals surface area (Å²) in [4.78, 5) is 17.3. The number of fused-ring (bicyclic) bond motifs is 1. The van der Waals surface area contributed by atoms with E-state index >= 15 is 0 Å². The van der Waals surface area contributed by atoms with Crippen LogP contribution in [-0.4, -0.2) is 17.5 Å². The fourth-order valence-corrected chi connectivity index (χ4v) is 3.92. The molecule has 5 nitrogen and oxygen atoms in total. The van der Waals surface area contributed by atoms with E-state index in [4.69, 9.17) is 9.15 Å². The Morgan fingerprint density at radius 1 is 1.06 bits per heavy atom. The van der Waals surface area contributed by atoms with Crippen LogP contribution < -0.4 is 10.1 Å². The fraction of sp³-hybridized carbons (Fsp3) is 0.310. The van der Waals surface area contributed by atoms with Crippen LogP contribution in [0.4, 0.5) is 5.69 Å². The van der Waals surface area contributed by atoms with Crippen molar-refractivity contribution in [2.75, 3.05) is 11.9 Å². The number of hydrogen-bond donors (Lipinski definition) is 1. The molecule has 3 aromatic carbocycles. The molecule has 0 bridgehead atoms. The third-order valence-electron chi connectivity index (χ3n) is 6.14. The van der Waals surface area contributed by atoms with Gasteiger partial charge in [-0.1, -0.05) is 52.0 Å². The first-order valence-electron chi connectivity index (χ1n) is 11.9. The third-order valence-corrected chi connectivity index (χ3v) is 6.14. The van der Waals surface area contributed by atoms with Crippen molar-refractivity contribution in [2.45, 2.75) is 52.9 Å². The lowest BCUT2D eigenvalue weighted by Gasteiger charge is -2.15. The highest BCUT2D eigenvalue weighted by atomic mass is 16.5. The number of nitrogens with zero attached hydrogens (tertiary/aromatic N) is 1. The molecule has 4 rings (SSSR count). The number of amides is 1. The standard InChI is InChI=1S/C29H32N2O3/c1-6-20(5)21-11-13-26-25(16-21)31-29(34-26)22-8-7-9-23(15-22)30-28(32)17-33-27-14-19(4)10-12-24(27)18(2)3/h7-16,18,20H,6,17H2,1-5H3,(H,30,32)/t20-/m1/s1. The first-order chi connectivity index (χ1) is 16.3. The van der Waals surface area contributed by atoms with Gasteiger partial charge in [0.1, 0.15) is 11.3 Å². The molecule has 0 saturated heterocycles. The number of rotatable bonds is 8. The highest BCUT2D eigenvalue weighted by molar-refractivity contribution is 5.92. The molecule has 0 aliphatic heterocycles. The average Bonchev–Trinajstić information content (AvgIpc) is 3.26. The maximum atomic E-state index is 12.6. The second kappa shape index (κ2) is 10.1. The number of benzene rings is 3. The van der Waals surface area contributed by atoms with Crippen molar-refractivity contribution in [1.82, 2.24) is 4.98 Å². The van der Waals surface area contributed by atoms with Gasteiger partial charge in [-0.25, -0.2) is 4.98 Å². The molecule has 0 unspecified atom stereocenters. The second-order valence-electron chi connectivity index (χ2n) is 9.17. The molecule has 4 aromatic rings. The summed E-state index contributed by atoms with van der Waals surface area (Å²) in [6.45, 7) is 10.6. The van der Waals surface area contributed by atoms with Gasteiger partial charge in [-0.2, -0.15) is 0 Å². The zero-order chi connectivity index (χ0) is 24.2. The molecular formula is C29H32N2O3. The summed E-state index contributed by atoms with van der Waals surface area (Å²) in [6.07, 6.45) is 1.07. The molecule has 0 spiro atoms. The molecule has 0 aliphatic carbocycles. The first-order valence-corrected chi connectivity index (χ1v) is 11.9. The Hall–Kier alpha value is -3.60. The van der Waals surface area contributed by atoms with Crippen molar-refractivity contribution in [3.05, 3.63) is 77.4 Å². The molecule has 0 fully saturated rings. The summed E-state index contributed by atoms with van der Waals surface area (Å²) in [5.41, 5.74) is 6.52. The van der Waals surface area contributed by atoms with E-state index < -0.39 is 0 Å². The number of oxazole rings is 1. The monoisotopic (exact) mass is 456 g/mol. The average molecular weight is 457 g/mol. The Labute approximate surface area is 201 Å². The Morgan fingerprint density at radius 2 is 1.88 bits per heavy atom. The lowest BCUT2D eigenvalue weighted by molar-refractivity contribution is -0.118. The number of nitrogens with one attached hydrogen (secondary N) is 1. The van der Waals surface area contributed by atoms with Crippen LogP contribution in [0.3, 0.4) is 0 Å². The fourth-order valence-electron chi connectivity index (χ4n) is 3.92. The number of carbonyl (C=O) groups excluding carboxylic acids is 1. The SMILES string of the molecule is CC[C@@H](C)c1ccc2oc(-c3cccc(NC(=O)COc4cc(C)ccc4C(C)C)c3)nc2c1. The number of aryl methyl sites for hydroxylation is 1. The summed E-state index contributed by atoms with van der Waals surface area (Å²) in [7, 11) is 0. The Balaban J connectivity index is 1.47. The van der Waals surface area contributed by atoms with Crippen LogP contribution in [-0.2, 0) is 4.79 Å². The highest BCUT2D eigenvalue weighted by Gasteiger charge is 2.13. The van der Waals surface area contributed by atoms with Crippen molar-refractivity contribution in [2.24, 2.45) is 0 Å². The molecule has 0 aliphatic rings. The first kappa shape index (κ1) is 23.6. The van der Waals surface area contributed by atoms with Gasteiger partial charge in [-0.15, -0.1) is 0 Å². The molecule has 1 heterocycles. The molecule has 34 heavy (non-hydrogen) atoms. The van der Waals surface area contributed by atoms with Gasteiger partial charge in [-0.05, 0) is 78.3 Å². The molecule has 1 N–H and O–H groups in total. The molecule has 176 valence electrons. The molecule has 1 aromatic heterocycles. The number of anilines is 1. The van der Waals surface area contributed by atoms with Crippen LogP contribution >= 0.6 is 0 Å². The van der Waals surface area contributed by atoms with E-state index in [1.165, 1.54) is 5.56 Å². The van der Waals surface area contributed by atoms with Crippen LogP contribution in [0.25, 0.3) is 22.6 Å². The van der Waals surface area contributed by atoms with Crippen LogP contribution in [0.15, 0.2) is 65.1 Å². The summed E-state index contributed by atoms with van der Waals surface area (Å²) in [5, 5.41) is 2.92. The second-order valence-corrected chi connectivity index (χ2v) is 9.17. The van der Waals surface area contributed by atoms with Gasteiger partial charge in [-0.3, -0.25) is 4.79 Å². The molecule has 5 heteroatoms. The van der Waals surface area contributed by atoms with Crippen LogP contribution in [0.2, 0.25) is 0 Å². The predicted octanol–water partition coefficient (Wildman–Crippen LogP) is 7.46. The minimum absolute atomic E-state index is 0.0608. The summed E-state index contributed by atoms with van der Waals surface area (Å²) in [6, 6.07) is 19.8. The van der Waals surface area contributed by atoms with Crippen LogP contribution in [0.5, 0.6) is 5.75 Å². The van der Waals surface area contributed by atoms with Crippen molar-refractivity contribution >= 4 is 22.7 Å². The van der Waals surface area contributed by atoms with E-state index in [-0.39, 0.29) is 12.5 Å². The van der Waals surface area contributed by atoms with Crippen molar-refractivity contribution in [3.8, 4) is 17.2 Å². The van der Waals surface area contributed by atoms with Gasteiger partial charge in [0.15, 0.2) is 12.2 Å². The van der Waals surface area contributed by atoms with Crippen LogP contribution in [0, 0.1) is 6.92 Å². The highest BCUT2D eigenvalue weighted by Crippen LogP contribution is 2.30. The van der Waals surface area contributed by atoms with E-state index in [1.54, 1.807) is 0 Å². The molecular weight excluding hydrogens is 424 g/mol. The Kier molecular flexibility index (Phi) is 7.01. The topological polar surface area (TPSA) is 64.4 Å². The van der Waals surface area contributed by atoms with E-state index in [1.807, 2.05) is 43.3 Å². The zero-order valence-electron chi connectivity index (χ0n) is 20.5. The third kappa shape index (κ3) is 5.30. The van der Waals surface area contributed by atoms with Gasteiger partial charge >= 0.3 is 0 Å². The molecule has 1 amide bonds. The molecule has 1 atom stereocenters. The minimum Gasteiger partial charge on any atom is -0.483 e. The van der Waals surface area contributed by atoms with Gasteiger partial charge < -0.3 is 14.5 Å². The predicted molar refractivity (Wildman–Crippen MR) is 138 cm³/mol. The Morgan fingerprint density at radius 3 is 2.65 bits per heavy atom. The van der Waals surface area contributed by atoms with Gasteiger partial charge in [0, 0.05) is 11.3 Å². The number of ether oxygens (including phenoxy) is 1. The van der Waals surface area contributed by atoms with Crippen molar-refractivity contribution in [1.29, 1.82) is 0 Å². The summed E-state index contributed by atoms with van der Waals surface area (Å²) >= 11 is 0. The number of hydrogen-bond acceptors (Lipinski definition) is 4.